The molecule has 4 unspecified atom stereocenters. The fourth-order valence-corrected chi connectivity index (χ4v) is 4.15. The average molecular weight is 327 g/mol. The number of fused-ring (bicyclic) bond motifs is 5. The van der Waals surface area contributed by atoms with Gasteiger partial charge in [0.25, 0.3) is 0 Å². The van der Waals surface area contributed by atoms with Gasteiger partial charge in [0.1, 0.15) is 0 Å². The standard InChI is InChI=1S/C18H17NO5/c1-17-8-9-18(2,24-17)13-12(17)14(20)19(15(13)21)11-6-4-10(5-7-11)16(22)23-3/h4-9,12-13H,1-3H3. The van der Waals surface area contributed by atoms with Crippen LogP contribution in [0.5, 0.6) is 0 Å². The zero-order valence-electron chi connectivity index (χ0n) is 13.6. The van der Waals surface area contributed by atoms with Crippen LogP contribution in [0, 0.1) is 11.8 Å². The lowest BCUT2D eigenvalue weighted by molar-refractivity contribution is -0.128. The Balaban J connectivity index is 1.71. The van der Waals surface area contributed by atoms with Gasteiger partial charge in [-0.15, -0.1) is 0 Å². The highest BCUT2D eigenvalue weighted by molar-refractivity contribution is 6.23. The lowest BCUT2D eigenvalue weighted by Gasteiger charge is -2.25. The van der Waals surface area contributed by atoms with Crippen LogP contribution < -0.4 is 4.90 Å². The number of hydrogen-bond donors (Lipinski definition) is 0. The third-order valence-corrected chi connectivity index (χ3v) is 5.27. The molecule has 0 aliphatic carbocycles. The zero-order valence-corrected chi connectivity index (χ0v) is 13.6. The van der Waals surface area contributed by atoms with Gasteiger partial charge in [-0.1, -0.05) is 12.2 Å². The quantitative estimate of drug-likeness (QED) is 0.470. The first-order chi connectivity index (χ1) is 11.3. The SMILES string of the molecule is COC(=O)c1ccc(N2C(=O)C3C(C2=O)C2(C)C=CC3(C)O2)cc1. The maximum Gasteiger partial charge on any atom is 0.337 e. The number of carbonyl (C=O) groups excluding carboxylic acids is 3. The van der Waals surface area contributed by atoms with Crippen molar-refractivity contribution in [1.29, 1.82) is 0 Å². The van der Waals surface area contributed by atoms with Crippen LogP contribution in [-0.2, 0) is 19.1 Å². The molecule has 1 aromatic carbocycles. The van der Waals surface area contributed by atoms with E-state index < -0.39 is 29.0 Å². The van der Waals surface area contributed by atoms with E-state index in [1.54, 1.807) is 24.3 Å². The molecule has 0 aromatic heterocycles. The number of esters is 1. The molecule has 2 fully saturated rings. The second-order valence-electron chi connectivity index (χ2n) is 6.81. The van der Waals surface area contributed by atoms with E-state index in [4.69, 9.17) is 4.74 Å². The van der Waals surface area contributed by atoms with E-state index in [-0.39, 0.29) is 11.8 Å². The number of ether oxygens (including phenoxy) is 2. The van der Waals surface area contributed by atoms with Crippen molar-refractivity contribution in [1.82, 2.24) is 0 Å². The lowest BCUT2D eigenvalue weighted by Crippen LogP contribution is -2.39. The molecular weight excluding hydrogens is 310 g/mol. The molecule has 3 heterocycles. The number of amides is 2. The molecule has 2 amide bonds. The topological polar surface area (TPSA) is 72.9 Å². The fraction of sp³-hybridized carbons (Fsp3) is 0.389. The van der Waals surface area contributed by atoms with Gasteiger partial charge in [-0.05, 0) is 38.1 Å². The largest absolute Gasteiger partial charge is 0.465 e. The average Bonchev–Trinajstić information content (AvgIpc) is 3.11. The van der Waals surface area contributed by atoms with Crippen molar-refractivity contribution in [2.45, 2.75) is 25.0 Å². The molecule has 24 heavy (non-hydrogen) atoms. The van der Waals surface area contributed by atoms with Crippen LogP contribution in [0.25, 0.3) is 0 Å². The number of rotatable bonds is 2. The van der Waals surface area contributed by atoms with Crippen molar-refractivity contribution in [3.63, 3.8) is 0 Å². The van der Waals surface area contributed by atoms with Crippen molar-refractivity contribution in [3.05, 3.63) is 42.0 Å². The highest BCUT2D eigenvalue weighted by Gasteiger charge is 2.70. The summed E-state index contributed by atoms with van der Waals surface area (Å²) in [5.41, 5.74) is -0.664. The molecule has 2 saturated heterocycles. The summed E-state index contributed by atoms with van der Waals surface area (Å²) in [4.78, 5) is 38.5. The molecule has 0 N–H and O–H groups in total. The molecular formula is C18H17NO5. The highest BCUT2D eigenvalue weighted by atomic mass is 16.5. The van der Waals surface area contributed by atoms with Gasteiger partial charge in [-0.25, -0.2) is 9.69 Å². The molecule has 1 aromatic rings. The molecule has 6 heteroatoms. The molecule has 2 bridgehead atoms. The number of imide groups is 1. The van der Waals surface area contributed by atoms with Crippen LogP contribution in [0.3, 0.4) is 0 Å². The summed E-state index contributed by atoms with van der Waals surface area (Å²) in [6.07, 6.45) is 3.76. The third kappa shape index (κ3) is 1.72. The van der Waals surface area contributed by atoms with E-state index in [1.807, 2.05) is 26.0 Å². The van der Waals surface area contributed by atoms with Crippen molar-refractivity contribution >= 4 is 23.5 Å². The summed E-state index contributed by atoms with van der Waals surface area (Å²) in [5, 5.41) is 0. The summed E-state index contributed by atoms with van der Waals surface area (Å²) in [7, 11) is 1.30. The van der Waals surface area contributed by atoms with Gasteiger partial charge in [0.05, 0.1) is 41.4 Å². The predicted molar refractivity (Wildman–Crippen MR) is 84.3 cm³/mol. The molecule has 4 atom stereocenters. The maximum absolute atomic E-state index is 12.9. The van der Waals surface area contributed by atoms with E-state index in [9.17, 15) is 14.4 Å². The first kappa shape index (κ1) is 15.1. The van der Waals surface area contributed by atoms with Crippen LogP contribution >= 0.6 is 0 Å². The van der Waals surface area contributed by atoms with Gasteiger partial charge in [0.2, 0.25) is 11.8 Å². The Bertz CT molecular complexity index is 762. The number of hydrogen-bond acceptors (Lipinski definition) is 5. The molecule has 4 rings (SSSR count). The van der Waals surface area contributed by atoms with Crippen LogP contribution in [0.1, 0.15) is 24.2 Å². The zero-order chi connectivity index (χ0) is 17.3. The summed E-state index contributed by atoms with van der Waals surface area (Å²) in [6, 6.07) is 6.26. The van der Waals surface area contributed by atoms with Gasteiger partial charge >= 0.3 is 5.97 Å². The van der Waals surface area contributed by atoms with Crippen molar-refractivity contribution < 1.29 is 23.9 Å². The number of carbonyl (C=O) groups is 3. The summed E-state index contributed by atoms with van der Waals surface area (Å²) < 4.78 is 10.6. The molecule has 0 spiro atoms. The fourth-order valence-electron chi connectivity index (χ4n) is 4.15. The molecule has 0 saturated carbocycles. The number of methoxy groups -OCH3 is 1. The van der Waals surface area contributed by atoms with E-state index in [0.29, 0.717) is 11.3 Å². The molecule has 6 nitrogen and oxygen atoms in total. The second kappa shape index (κ2) is 4.54. The van der Waals surface area contributed by atoms with Gasteiger partial charge in [-0.3, -0.25) is 9.59 Å². The lowest BCUT2D eigenvalue weighted by atomic mass is 9.73. The predicted octanol–water partition coefficient (Wildman–Crippen LogP) is 1.70. The van der Waals surface area contributed by atoms with E-state index in [1.165, 1.54) is 12.0 Å². The normalized spacial score (nSPS) is 36.4. The molecule has 3 aliphatic heterocycles. The van der Waals surface area contributed by atoms with E-state index >= 15 is 0 Å². The van der Waals surface area contributed by atoms with Crippen molar-refractivity contribution in [2.24, 2.45) is 11.8 Å². The minimum atomic E-state index is -0.743. The third-order valence-electron chi connectivity index (χ3n) is 5.27. The highest BCUT2D eigenvalue weighted by Crippen LogP contribution is 2.57. The first-order valence-electron chi connectivity index (χ1n) is 7.77. The minimum absolute atomic E-state index is 0.258. The van der Waals surface area contributed by atoms with E-state index in [2.05, 4.69) is 4.74 Å². The monoisotopic (exact) mass is 327 g/mol. The molecule has 3 aliphatic rings. The van der Waals surface area contributed by atoms with Crippen LogP contribution in [0.4, 0.5) is 5.69 Å². The van der Waals surface area contributed by atoms with Crippen LogP contribution in [-0.4, -0.2) is 36.1 Å². The smallest absolute Gasteiger partial charge is 0.337 e. The second-order valence-corrected chi connectivity index (χ2v) is 6.81. The van der Waals surface area contributed by atoms with Crippen LogP contribution in [0.15, 0.2) is 36.4 Å². The Morgan fingerprint density at radius 1 is 1.04 bits per heavy atom. The Hall–Kier alpha value is -2.47. The molecule has 124 valence electrons. The number of benzene rings is 1. The van der Waals surface area contributed by atoms with Crippen molar-refractivity contribution in [3.8, 4) is 0 Å². The van der Waals surface area contributed by atoms with Crippen molar-refractivity contribution in [2.75, 3.05) is 12.0 Å². The van der Waals surface area contributed by atoms with Crippen LogP contribution in [0.2, 0.25) is 0 Å². The maximum atomic E-state index is 12.9. The first-order valence-corrected chi connectivity index (χ1v) is 7.77. The van der Waals surface area contributed by atoms with Gasteiger partial charge in [0.15, 0.2) is 0 Å². The summed E-state index contributed by atoms with van der Waals surface area (Å²) in [6.45, 7) is 3.68. The Kier molecular flexibility index (Phi) is 2.85. The number of anilines is 1. The van der Waals surface area contributed by atoms with E-state index in [0.717, 1.165) is 0 Å². The number of nitrogens with zero attached hydrogens (tertiary/aromatic N) is 1. The summed E-state index contributed by atoms with van der Waals surface area (Å²) in [5.74, 6) is -2.01. The van der Waals surface area contributed by atoms with Gasteiger partial charge in [0, 0.05) is 0 Å². The van der Waals surface area contributed by atoms with Gasteiger partial charge in [-0.2, -0.15) is 0 Å². The van der Waals surface area contributed by atoms with Gasteiger partial charge < -0.3 is 9.47 Å². The minimum Gasteiger partial charge on any atom is -0.465 e. The molecule has 0 radical (unpaired) electrons. The Morgan fingerprint density at radius 2 is 1.54 bits per heavy atom. The Morgan fingerprint density at radius 3 is 2.00 bits per heavy atom. The summed E-state index contributed by atoms with van der Waals surface area (Å²) >= 11 is 0. The Labute approximate surface area is 139 Å².